The second-order valence-electron chi connectivity index (χ2n) is 6.73. The smallest absolute Gasteiger partial charge is 0.237 e. The summed E-state index contributed by atoms with van der Waals surface area (Å²) in [5.74, 6) is 6.10. The summed E-state index contributed by atoms with van der Waals surface area (Å²) >= 11 is 0. The second kappa shape index (κ2) is 9.39. The molecule has 1 aromatic carbocycles. The lowest BCUT2D eigenvalue weighted by Gasteiger charge is -2.34. The van der Waals surface area contributed by atoms with Crippen LogP contribution in [0.4, 0.5) is 0 Å². The van der Waals surface area contributed by atoms with Gasteiger partial charge in [-0.2, -0.15) is 0 Å². The van der Waals surface area contributed by atoms with Gasteiger partial charge in [-0.3, -0.25) is 19.9 Å². The van der Waals surface area contributed by atoms with Crippen molar-refractivity contribution in [2.75, 3.05) is 19.7 Å². The van der Waals surface area contributed by atoms with Crippen molar-refractivity contribution >= 4 is 11.8 Å². The second-order valence-corrected chi connectivity index (χ2v) is 6.73. The lowest BCUT2D eigenvalue weighted by Crippen LogP contribution is -2.56. The molecule has 1 fully saturated rings. The quantitative estimate of drug-likeness (QED) is 0.367. The molecule has 7 nitrogen and oxygen atoms in total. The Balaban J connectivity index is 2.00. The molecule has 0 saturated carbocycles. The SMILES string of the molecule is CC(C)CCOc1cccc(CN2CCNC(=O)C2CC(=O)NN)c1. The summed E-state index contributed by atoms with van der Waals surface area (Å²) in [5.41, 5.74) is 3.14. The van der Waals surface area contributed by atoms with Crippen LogP contribution in [-0.2, 0) is 16.1 Å². The zero-order chi connectivity index (χ0) is 18.2. The topological polar surface area (TPSA) is 96.7 Å². The van der Waals surface area contributed by atoms with Crippen LogP contribution in [0.5, 0.6) is 5.75 Å². The molecule has 1 heterocycles. The number of hydrogen-bond donors (Lipinski definition) is 3. The average Bonchev–Trinajstić information content (AvgIpc) is 2.58. The van der Waals surface area contributed by atoms with Gasteiger partial charge in [-0.25, -0.2) is 5.84 Å². The first-order chi connectivity index (χ1) is 12.0. The van der Waals surface area contributed by atoms with Crippen molar-refractivity contribution in [3.05, 3.63) is 29.8 Å². The number of hydrazine groups is 1. The summed E-state index contributed by atoms with van der Waals surface area (Å²) in [6, 6.07) is 7.37. The molecule has 0 aliphatic carbocycles. The van der Waals surface area contributed by atoms with Crippen LogP contribution in [0.1, 0.15) is 32.3 Å². The highest BCUT2D eigenvalue weighted by atomic mass is 16.5. The van der Waals surface area contributed by atoms with Crippen molar-refractivity contribution in [2.45, 2.75) is 39.3 Å². The van der Waals surface area contributed by atoms with Gasteiger partial charge in [-0.05, 0) is 30.0 Å². The van der Waals surface area contributed by atoms with E-state index in [9.17, 15) is 9.59 Å². The highest BCUT2D eigenvalue weighted by Gasteiger charge is 2.31. The third-order valence-electron chi connectivity index (χ3n) is 4.23. The highest BCUT2D eigenvalue weighted by Crippen LogP contribution is 2.18. The summed E-state index contributed by atoms with van der Waals surface area (Å²) in [7, 11) is 0. The predicted molar refractivity (Wildman–Crippen MR) is 95.5 cm³/mol. The third-order valence-corrected chi connectivity index (χ3v) is 4.23. The Labute approximate surface area is 148 Å². The standard InChI is InChI=1S/C18H28N4O3/c1-13(2)6-9-25-15-5-3-4-14(10-15)12-22-8-7-20-18(24)16(22)11-17(23)21-19/h3-5,10,13,16H,6-9,11-12,19H2,1-2H3,(H,20,24)(H,21,23). The van der Waals surface area contributed by atoms with Gasteiger partial charge in [0.15, 0.2) is 0 Å². The molecule has 7 heteroatoms. The number of carbonyl (C=O) groups is 2. The minimum absolute atomic E-state index is 0.0485. The van der Waals surface area contributed by atoms with Gasteiger partial charge >= 0.3 is 0 Å². The molecular weight excluding hydrogens is 320 g/mol. The van der Waals surface area contributed by atoms with Crippen molar-refractivity contribution in [1.29, 1.82) is 0 Å². The van der Waals surface area contributed by atoms with E-state index in [0.29, 0.717) is 32.2 Å². The van der Waals surface area contributed by atoms with Gasteiger partial charge in [0, 0.05) is 19.6 Å². The molecule has 25 heavy (non-hydrogen) atoms. The van der Waals surface area contributed by atoms with E-state index in [0.717, 1.165) is 17.7 Å². The molecule has 0 aromatic heterocycles. The van der Waals surface area contributed by atoms with E-state index in [-0.39, 0.29) is 18.2 Å². The van der Waals surface area contributed by atoms with Gasteiger partial charge in [0.1, 0.15) is 5.75 Å². The molecule has 1 unspecified atom stereocenters. The maximum atomic E-state index is 12.1. The van der Waals surface area contributed by atoms with Gasteiger partial charge in [0.2, 0.25) is 11.8 Å². The lowest BCUT2D eigenvalue weighted by molar-refractivity contribution is -0.134. The Morgan fingerprint density at radius 3 is 3.00 bits per heavy atom. The number of nitrogens with zero attached hydrogens (tertiary/aromatic N) is 1. The number of carbonyl (C=O) groups excluding carboxylic acids is 2. The molecule has 2 amide bonds. The number of ether oxygens (including phenoxy) is 1. The Hall–Kier alpha value is -2.12. The zero-order valence-electron chi connectivity index (χ0n) is 15.0. The summed E-state index contributed by atoms with van der Waals surface area (Å²) in [5, 5.41) is 2.80. The molecule has 1 atom stereocenters. The van der Waals surface area contributed by atoms with E-state index in [2.05, 4.69) is 24.6 Å². The van der Waals surface area contributed by atoms with Crippen LogP contribution in [0, 0.1) is 5.92 Å². The number of hydrogen-bond acceptors (Lipinski definition) is 5. The summed E-state index contributed by atoms with van der Waals surface area (Å²) in [6.07, 6.45) is 1.06. The molecule has 1 aliphatic rings. The Morgan fingerprint density at radius 1 is 1.48 bits per heavy atom. The average molecular weight is 348 g/mol. The van der Waals surface area contributed by atoms with Gasteiger partial charge < -0.3 is 10.1 Å². The molecule has 1 saturated heterocycles. The molecule has 4 N–H and O–H groups in total. The van der Waals surface area contributed by atoms with Crippen molar-refractivity contribution in [3.63, 3.8) is 0 Å². The Kier molecular flexibility index (Phi) is 7.21. The monoisotopic (exact) mass is 348 g/mol. The number of nitrogens with two attached hydrogens (primary N) is 1. The van der Waals surface area contributed by atoms with Gasteiger partial charge in [0.25, 0.3) is 0 Å². The first-order valence-electron chi connectivity index (χ1n) is 8.72. The van der Waals surface area contributed by atoms with Crippen LogP contribution in [0.2, 0.25) is 0 Å². The van der Waals surface area contributed by atoms with E-state index in [1.54, 1.807) is 0 Å². The molecule has 0 bridgehead atoms. The third kappa shape index (κ3) is 6.03. The van der Waals surface area contributed by atoms with E-state index in [4.69, 9.17) is 10.6 Å². The fourth-order valence-corrected chi connectivity index (χ4v) is 2.79. The van der Waals surface area contributed by atoms with E-state index in [1.807, 2.05) is 29.2 Å². The Morgan fingerprint density at radius 2 is 2.28 bits per heavy atom. The number of amides is 2. The van der Waals surface area contributed by atoms with Crippen LogP contribution in [-0.4, -0.2) is 42.5 Å². The number of piperazine rings is 1. The molecule has 2 rings (SSSR count). The first kappa shape index (κ1) is 19.2. The molecule has 0 radical (unpaired) electrons. The van der Waals surface area contributed by atoms with Gasteiger partial charge in [0.05, 0.1) is 19.1 Å². The fraction of sp³-hybridized carbons (Fsp3) is 0.556. The largest absolute Gasteiger partial charge is 0.494 e. The minimum Gasteiger partial charge on any atom is -0.494 e. The Bertz CT molecular complexity index is 591. The number of benzene rings is 1. The maximum Gasteiger partial charge on any atom is 0.237 e. The fourth-order valence-electron chi connectivity index (χ4n) is 2.79. The molecule has 1 aliphatic heterocycles. The molecule has 138 valence electrons. The van der Waals surface area contributed by atoms with E-state index < -0.39 is 6.04 Å². The highest BCUT2D eigenvalue weighted by molar-refractivity contribution is 5.88. The first-order valence-corrected chi connectivity index (χ1v) is 8.72. The lowest BCUT2D eigenvalue weighted by atomic mass is 10.1. The van der Waals surface area contributed by atoms with E-state index >= 15 is 0 Å². The zero-order valence-corrected chi connectivity index (χ0v) is 15.0. The summed E-state index contributed by atoms with van der Waals surface area (Å²) in [6.45, 7) is 6.86. The van der Waals surface area contributed by atoms with E-state index in [1.165, 1.54) is 0 Å². The van der Waals surface area contributed by atoms with Crippen LogP contribution in [0.25, 0.3) is 0 Å². The predicted octanol–water partition coefficient (Wildman–Crippen LogP) is 0.792. The van der Waals surface area contributed by atoms with Gasteiger partial charge in [-0.1, -0.05) is 26.0 Å². The number of rotatable bonds is 8. The summed E-state index contributed by atoms with van der Waals surface area (Å²) in [4.78, 5) is 25.7. The van der Waals surface area contributed by atoms with Crippen molar-refractivity contribution < 1.29 is 14.3 Å². The van der Waals surface area contributed by atoms with Crippen LogP contribution in [0.15, 0.2) is 24.3 Å². The van der Waals surface area contributed by atoms with Crippen LogP contribution >= 0.6 is 0 Å². The molecule has 1 aromatic rings. The van der Waals surface area contributed by atoms with Crippen molar-refractivity contribution in [1.82, 2.24) is 15.6 Å². The van der Waals surface area contributed by atoms with Crippen molar-refractivity contribution in [2.24, 2.45) is 11.8 Å². The van der Waals surface area contributed by atoms with Gasteiger partial charge in [-0.15, -0.1) is 0 Å². The number of nitrogens with one attached hydrogen (secondary N) is 2. The minimum atomic E-state index is -0.511. The molecular formula is C18H28N4O3. The summed E-state index contributed by atoms with van der Waals surface area (Å²) < 4.78 is 5.80. The normalized spacial score (nSPS) is 18.1. The maximum absolute atomic E-state index is 12.1. The van der Waals surface area contributed by atoms with Crippen molar-refractivity contribution in [3.8, 4) is 5.75 Å². The molecule has 0 spiro atoms. The van der Waals surface area contributed by atoms with Crippen LogP contribution < -0.4 is 21.3 Å². The van der Waals surface area contributed by atoms with Crippen LogP contribution in [0.3, 0.4) is 0 Å².